The molecule has 0 bridgehead atoms. The molecule has 1 aliphatic rings. The largest absolute Gasteiger partial charge is 0.351 e. The van der Waals surface area contributed by atoms with Gasteiger partial charge in [0.25, 0.3) is 11.8 Å². The number of carbonyl (C=O) groups excluding carboxylic acids is 2. The molecule has 6 nitrogen and oxygen atoms in total. The molecular weight excluding hydrogens is 292 g/mol. The third-order valence-electron chi connectivity index (χ3n) is 4.08. The molecule has 2 rings (SSSR count). The van der Waals surface area contributed by atoms with E-state index < -0.39 is 0 Å². The van der Waals surface area contributed by atoms with Crippen LogP contribution in [0.1, 0.15) is 73.3 Å². The molecule has 23 heavy (non-hydrogen) atoms. The van der Waals surface area contributed by atoms with Crippen LogP contribution >= 0.6 is 0 Å². The van der Waals surface area contributed by atoms with Gasteiger partial charge in [0.05, 0.1) is 5.69 Å². The van der Waals surface area contributed by atoms with Crippen LogP contribution in [0.4, 0.5) is 0 Å². The van der Waals surface area contributed by atoms with E-state index in [4.69, 9.17) is 0 Å². The average molecular weight is 320 g/mol. The molecule has 6 heteroatoms. The van der Waals surface area contributed by atoms with Gasteiger partial charge in [-0.15, -0.1) is 0 Å². The van der Waals surface area contributed by atoms with Gasteiger partial charge in [-0.1, -0.05) is 20.8 Å². The van der Waals surface area contributed by atoms with E-state index in [0.717, 1.165) is 44.3 Å². The van der Waals surface area contributed by atoms with Crippen molar-refractivity contribution in [2.45, 2.75) is 59.4 Å². The predicted molar refractivity (Wildman–Crippen MR) is 89.6 cm³/mol. The normalized spacial score (nSPS) is 13.7. The van der Waals surface area contributed by atoms with Crippen LogP contribution in [-0.2, 0) is 13.0 Å². The van der Waals surface area contributed by atoms with Gasteiger partial charge in [-0.2, -0.15) is 0 Å². The number of amides is 2. The molecular formula is C17H28N4O2. The lowest BCUT2D eigenvalue weighted by Crippen LogP contribution is -2.28. The number of carbonyl (C=O) groups is 2. The van der Waals surface area contributed by atoms with Crippen molar-refractivity contribution in [3.63, 3.8) is 0 Å². The second kappa shape index (κ2) is 8.13. The van der Waals surface area contributed by atoms with Crippen molar-refractivity contribution in [1.29, 1.82) is 0 Å². The van der Waals surface area contributed by atoms with Gasteiger partial charge in [-0.25, -0.2) is 4.98 Å². The maximum absolute atomic E-state index is 12.4. The zero-order chi connectivity index (χ0) is 16.8. The first kappa shape index (κ1) is 17.5. The Kier molecular flexibility index (Phi) is 6.19. The van der Waals surface area contributed by atoms with Crippen LogP contribution in [0.15, 0.2) is 0 Å². The van der Waals surface area contributed by atoms with Crippen LogP contribution in [0.2, 0.25) is 0 Å². The molecule has 0 saturated carbocycles. The van der Waals surface area contributed by atoms with Crippen molar-refractivity contribution in [1.82, 2.24) is 20.2 Å². The topological polar surface area (TPSA) is 76.0 Å². The Balaban J connectivity index is 2.17. The summed E-state index contributed by atoms with van der Waals surface area (Å²) in [6, 6.07) is 0. The summed E-state index contributed by atoms with van der Waals surface area (Å²) in [5.74, 6) is 0.575. The number of imidazole rings is 1. The monoisotopic (exact) mass is 320 g/mol. The van der Waals surface area contributed by atoms with Crippen molar-refractivity contribution < 1.29 is 9.59 Å². The molecule has 2 N–H and O–H groups in total. The van der Waals surface area contributed by atoms with Crippen molar-refractivity contribution in [3.05, 3.63) is 17.2 Å². The molecule has 2 heterocycles. The molecule has 1 aromatic rings. The zero-order valence-electron chi connectivity index (χ0n) is 14.4. The number of nitrogens with one attached hydrogen (secondary N) is 2. The Morgan fingerprint density at radius 2 is 1.91 bits per heavy atom. The predicted octanol–water partition coefficient (Wildman–Crippen LogP) is 2.14. The summed E-state index contributed by atoms with van der Waals surface area (Å²) in [7, 11) is 0. The summed E-state index contributed by atoms with van der Waals surface area (Å²) in [5.41, 5.74) is 1.33. The van der Waals surface area contributed by atoms with E-state index in [1.807, 2.05) is 11.5 Å². The Hall–Kier alpha value is -1.85. The summed E-state index contributed by atoms with van der Waals surface area (Å²) >= 11 is 0. The minimum atomic E-state index is -0.184. The molecule has 2 amide bonds. The number of hydrogen-bond acceptors (Lipinski definition) is 3. The summed E-state index contributed by atoms with van der Waals surface area (Å²) < 4.78 is 1.92. The van der Waals surface area contributed by atoms with Crippen LogP contribution in [0, 0.1) is 5.92 Å². The van der Waals surface area contributed by atoms with Gasteiger partial charge in [0.2, 0.25) is 0 Å². The van der Waals surface area contributed by atoms with Crippen molar-refractivity contribution in [3.8, 4) is 0 Å². The lowest BCUT2D eigenvalue weighted by molar-refractivity contribution is 0.0937. The van der Waals surface area contributed by atoms with Crippen molar-refractivity contribution in [2.24, 2.45) is 5.92 Å². The number of rotatable bonds is 7. The fraction of sp³-hybridized carbons (Fsp3) is 0.706. The van der Waals surface area contributed by atoms with Gasteiger partial charge >= 0.3 is 0 Å². The van der Waals surface area contributed by atoms with Crippen LogP contribution < -0.4 is 10.6 Å². The van der Waals surface area contributed by atoms with E-state index in [2.05, 4.69) is 29.5 Å². The number of fused-ring (bicyclic) bond motifs is 1. The third kappa shape index (κ3) is 4.33. The number of hydrogen-bond donors (Lipinski definition) is 2. The van der Waals surface area contributed by atoms with Crippen LogP contribution in [0.25, 0.3) is 0 Å². The fourth-order valence-electron chi connectivity index (χ4n) is 2.77. The van der Waals surface area contributed by atoms with Crippen molar-refractivity contribution in [2.75, 3.05) is 13.1 Å². The third-order valence-corrected chi connectivity index (χ3v) is 4.08. The molecule has 1 aliphatic heterocycles. The molecule has 0 aliphatic carbocycles. The van der Waals surface area contributed by atoms with E-state index in [1.54, 1.807) is 0 Å². The summed E-state index contributed by atoms with van der Waals surface area (Å²) in [4.78, 5) is 29.1. The van der Waals surface area contributed by atoms with Gasteiger partial charge in [0, 0.05) is 19.6 Å². The van der Waals surface area contributed by atoms with E-state index in [-0.39, 0.29) is 11.8 Å². The molecule has 0 unspecified atom stereocenters. The van der Waals surface area contributed by atoms with E-state index in [9.17, 15) is 9.59 Å². The van der Waals surface area contributed by atoms with E-state index in [0.29, 0.717) is 30.5 Å². The molecule has 0 radical (unpaired) electrons. The highest BCUT2D eigenvalue weighted by atomic mass is 16.2. The number of aromatic nitrogens is 2. The van der Waals surface area contributed by atoms with Gasteiger partial charge in [-0.3, -0.25) is 9.59 Å². The highest BCUT2D eigenvalue weighted by Gasteiger charge is 2.27. The second-order valence-corrected chi connectivity index (χ2v) is 6.53. The summed E-state index contributed by atoms with van der Waals surface area (Å²) in [6.07, 6.45) is 4.67. The maximum Gasteiger partial charge on any atom is 0.287 e. The highest BCUT2D eigenvalue weighted by Crippen LogP contribution is 2.21. The number of nitrogens with zero attached hydrogens (tertiary/aromatic N) is 2. The van der Waals surface area contributed by atoms with Crippen LogP contribution in [-0.4, -0.2) is 34.5 Å². The first-order valence-corrected chi connectivity index (χ1v) is 8.70. The Bertz CT molecular complexity index is 563. The first-order valence-electron chi connectivity index (χ1n) is 8.70. The first-order chi connectivity index (χ1) is 11.0. The summed E-state index contributed by atoms with van der Waals surface area (Å²) in [6.45, 7) is 8.28. The van der Waals surface area contributed by atoms with E-state index in [1.165, 1.54) is 0 Å². The van der Waals surface area contributed by atoms with Crippen molar-refractivity contribution >= 4 is 11.8 Å². The highest BCUT2D eigenvalue weighted by molar-refractivity contribution is 5.97. The van der Waals surface area contributed by atoms with Crippen LogP contribution in [0.3, 0.4) is 0 Å². The average Bonchev–Trinajstić information content (AvgIpc) is 2.92. The minimum absolute atomic E-state index is 0.161. The van der Waals surface area contributed by atoms with E-state index >= 15 is 0 Å². The SMILES string of the molecule is CCCNC(=O)c1nc(C(=O)NCCC(C)C)c2n1CCCC2. The quantitative estimate of drug-likeness (QED) is 0.808. The minimum Gasteiger partial charge on any atom is -0.351 e. The second-order valence-electron chi connectivity index (χ2n) is 6.53. The Labute approximate surface area is 138 Å². The molecule has 0 aromatic carbocycles. The summed E-state index contributed by atoms with van der Waals surface area (Å²) in [5, 5.41) is 5.78. The smallest absolute Gasteiger partial charge is 0.287 e. The molecule has 0 spiro atoms. The lowest BCUT2D eigenvalue weighted by atomic mass is 10.1. The van der Waals surface area contributed by atoms with Gasteiger partial charge in [0.1, 0.15) is 5.69 Å². The van der Waals surface area contributed by atoms with Gasteiger partial charge < -0.3 is 15.2 Å². The van der Waals surface area contributed by atoms with Crippen LogP contribution in [0.5, 0.6) is 0 Å². The molecule has 0 fully saturated rings. The molecule has 0 saturated heterocycles. The van der Waals surface area contributed by atoms with Gasteiger partial charge in [0.15, 0.2) is 5.82 Å². The fourth-order valence-corrected chi connectivity index (χ4v) is 2.77. The standard InChI is InChI=1S/C17H28N4O2/c1-4-9-18-17(23)15-20-14(13-7-5-6-11-21(13)15)16(22)19-10-8-12(2)3/h12H,4-11H2,1-3H3,(H,18,23)(H,19,22). The molecule has 1 aromatic heterocycles. The Morgan fingerprint density at radius 3 is 2.61 bits per heavy atom. The zero-order valence-corrected chi connectivity index (χ0v) is 14.4. The Morgan fingerprint density at radius 1 is 1.17 bits per heavy atom. The molecule has 128 valence electrons. The molecule has 0 atom stereocenters. The van der Waals surface area contributed by atoms with Gasteiger partial charge in [-0.05, 0) is 38.0 Å². The maximum atomic E-state index is 12.4. The lowest BCUT2D eigenvalue weighted by Gasteiger charge is -2.17.